The van der Waals surface area contributed by atoms with Crippen molar-refractivity contribution in [3.63, 3.8) is 0 Å². The third-order valence-corrected chi connectivity index (χ3v) is 1.56. The van der Waals surface area contributed by atoms with Crippen molar-refractivity contribution in [3.8, 4) is 0 Å². The second-order valence-electron chi connectivity index (χ2n) is 3.09. The van der Waals surface area contributed by atoms with Crippen molar-refractivity contribution in [2.75, 3.05) is 19.7 Å². The van der Waals surface area contributed by atoms with E-state index in [2.05, 4.69) is 0 Å². The van der Waals surface area contributed by atoms with Crippen LogP contribution < -0.4 is 0 Å². The van der Waals surface area contributed by atoms with Gasteiger partial charge in [-0.15, -0.1) is 0 Å². The molecule has 4 nitrogen and oxygen atoms in total. The molecule has 0 aromatic carbocycles. The zero-order chi connectivity index (χ0) is 10.3. The molecule has 0 radical (unpaired) electrons. The van der Waals surface area contributed by atoms with Crippen molar-refractivity contribution >= 4 is 6.09 Å². The van der Waals surface area contributed by atoms with Crippen LogP contribution in [0.3, 0.4) is 0 Å². The van der Waals surface area contributed by atoms with Crippen LogP contribution in [-0.2, 0) is 4.74 Å². The Bertz CT molecular complexity index is 148. The number of aliphatic hydroxyl groups is 1. The van der Waals surface area contributed by atoms with Crippen LogP contribution in [0.2, 0.25) is 0 Å². The Kier molecular flexibility index (Phi) is 6.32. The summed E-state index contributed by atoms with van der Waals surface area (Å²) < 4.78 is 5.01. The molecule has 0 heterocycles. The van der Waals surface area contributed by atoms with Crippen LogP contribution in [0.1, 0.15) is 27.2 Å². The summed E-state index contributed by atoms with van der Waals surface area (Å²) in [6.45, 7) is 6.80. The second kappa shape index (κ2) is 6.71. The van der Waals surface area contributed by atoms with Crippen molar-refractivity contribution in [1.29, 1.82) is 0 Å². The standard InChI is InChI=1S/C9H19NO3/c1-4-10(6-5-7-11)9(12)13-8(2)3/h8,11H,4-7H2,1-3H3. The molecule has 0 atom stereocenters. The second-order valence-corrected chi connectivity index (χ2v) is 3.09. The Morgan fingerprint density at radius 3 is 2.54 bits per heavy atom. The normalized spacial score (nSPS) is 10.2. The largest absolute Gasteiger partial charge is 0.447 e. The Morgan fingerprint density at radius 2 is 2.15 bits per heavy atom. The van der Waals surface area contributed by atoms with Crippen LogP contribution >= 0.6 is 0 Å². The summed E-state index contributed by atoms with van der Waals surface area (Å²) in [5.41, 5.74) is 0. The first-order chi connectivity index (χ1) is 6.11. The fourth-order valence-electron chi connectivity index (χ4n) is 0.916. The molecule has 0 aliphatic carbocycles. The summed E-state index contributed by atoms with van der Waals surface area (Å²) in [5.74, 6) is 0. The van der Waals surface area contributed by atoms with Gasteiger partial charge in [-0.25, -0.2) is 4.79 Å². The number of rotatable bonds is 5. The fourth-order valence-corrected chi connectivity index (χ4v) is 0.916. The van der Waals surface area contributed by atoms with E-state index in [-0.39, 0.29) is 18.8 Å². The molecular weight excluding hydrogens is 170 g/mol. The van der Waals surface area contributed by atoms with Crippen LogP contribution in [0.5, 0.6) is 0 Å². The number of hydrogen-bond acceptors (Lipinski definition) is 3. The average Bonchev–Trinajstić information content (AvgIpc) is 2.04. The molecule has 0 fully saturated rings. The lowest BCUT2D eigenvalue weighted by atomic mass is 10.4. The zero-order valence-corrected chi connectivity index (χ0v) is 8.62. The zero-order valence-electron chi connectivity index (χ0n) is 8.62. The predicted molar refractivity (Wildman–Crippen MR) is 50.6 cm³/mol. The molecule has 0 aromatic heterocycles. The SMILES string of the molecule is CCN(CCCO)C(=O)OC(C)C. The lowest BCUT2D eigenvalue weighted by Gasteiger charge is -2.21. The smallest absolute Gasteiger partial charge is 0.410 e. The van der Waals surface area contributed by atoms with Gasteiger partial charge in [0.15, 0.2) is 0 Å². The van der Waals surface area contributed by atoms with E-state index in [1.807, 2.05) is 20.8 Å². The number of amides is 1. The number of ether oxygens (including phenoxy) is 1. The van der Waals surface area contributed by atoms with Crippen molar-refractivity contribution in [2.45, 2.75) is 33.3 Å². The lowest BCUT2D eigenvalue weighted by Crippen LogP contribution is -2.34. The number of hydrogen-bond donors (Lipinski definition) is 1. The number of carbonyl (C=O) groups is 1. The van der Waals surface area contributed by atoms with E-state index >= 15 is 0 Å². The lowest BCUT2D eigenvalue weighted by molar-refractivity contribution is 0.0765. The maximum atomic E-state index is 11.3. The quantitative estimate of drug-likeness (QED) is 0.707. The highest BCUT2D eigenvalue weighted by atomic mass is 16.6. The van der Waals surface area contributed by atoms with E-state index in [4.69, 9.17) is 9.84 Å². The fraction of sp³-hybridized carbons (Fsp3) is 0.889. The topological polar surface area (TPSA) is 49.8 Å². The minimum atomic E-state index is -0.300. The Morgan fingerprint density at radius 1 is 1.54 bits per heavy atom. The molecule has 0 bridgehead atoms. The van der Waals surface area contributed by atoms with Gasteiger partial charge in [-0.2, -0.15) is 0 Å². The third kappa shape index (κ3) is 5.47. The van der Waals surface area contributed by atoms with E-state index < -0.39 is 0 Å². The van der Waals surface area contributed by atoms with Gasteiger partial charge < -0.3 is 14.7 Å². The molecule has 13 heavy (non-hydrogen) atoms. The maximum absolute atomic E-state index is 11.3. The number of nitrogens with zero attached hydrogens (tertiary/aromatic N) is 1. The van der Waals surface area contributed by atoms with Gasteiger partial charge in [0.1, 0.15) is 0 Å². The average molecular weight is 189 g/mol. The minimum absolute atomic E-state index is 0.0873. The maximum Gasteiger partial charge on any atom is 0.410 e. The van der Waals surface area contributed by atoms with Crippen LogP contribution in [0, 0.1) is 0 Å². The summed E-state index contributed by atoms with van der Waals surface area (Å²) in [5, 5.41) is 8.60. The molecule has 1 amide bonds. The van der Waals surface area contributed by atoms with E-state index in [1.165, 1.54) is 0 Å². The monoisotopic (exact) mass is 189 g/mol. The molecular formula is C9H19NO3. The predicted octanol–water partition coefficient (Wildman–Crippen LogP) is 1.24. The highest BCUT2D eigenvalue weighted by molar-refractivity contribution is 5.67. The highest BCUT2D eigenvalue weighted by Gasteiger charge is 2.13. The Labute approximate surface area is 79.5 Å². The van der Waals surface area contributed by atoms with Gasteiger partial charge in [0, 0.05) is 19.7 Å². The molecule has 0 aliphatic heterocycles. The van der Waals surface area contributed by atoms with Gasteiger partial charge in [0.2, 0.25) is 0 Å². The van der Waals surface area contributed by atoms with E-state index in [0.29, 0.717) is 19.5 Å². The number of aliphatic hydroxyl groups excluding tert-OH is 1. The molecule has 0 unspecified atom stereocenters. The summed E-state index contributed by atoms with van der Waals surface area (Å²) in [7, 11) is 0. The van der Waals surface area contributed by atoms with E-state index in [9.17, 15) is 4.79 Å². The summed E-state index contributed by atoms with van der Waals surface area (Å²) in [6.07, 6.45) is 0.211. The summed E-state index contributed by atoms with van der Waals surface area (Å²) in [4.78, 5) is 12.9. The molecule has 0 aromatic rings. The van der Waals surface area contributed by atoms with Crippen LogP contribution in [0.4, 0.5) is 4.79 Å². The Hall–Kier alpha value is -0.770. The molecule has 1 N–H and O–H groups in total. The van der Waals surface area contributed by atoms with Crippen LogP contribution in [0.25, 0.3) is 0 Å². The van der Waals surface area contributed by atoms with Crippen LogP contribution in [0.15, 0.2) is 0 Å². The molecule has 78 valence electrons. The van der Waals surface area contributed by atoms with Crippen LogP contribution in [-0.4, -0.2) is 41.9 Å². The third-order valence-electron chi connectivity index (χ3n) is 1.56. The first-order valence-electron chi connectivity index (χ1n) is 4.68. The highest BCUT2D eigenvalue weighted by Crippen LogP contribution is 1.99. The summed E-state index contributed by atoms with van der Waals surface area (Å²) >= 11 is 0. The molecule has 4 heteroatoms. The molecule has 0 saturated carbocycles. The van der Waals surface area contributed by atoms with Gasteiger partial charge in [-0.1, -0.05) is 0 Å². The molecule has 0 aliphatic rings. The van der Waals surface area contributed by atoms with Gasteiger partial charge in [-0.3, -0.25) is 0 Å². The Balaban J connectivity index is 3.84. The summed E-state index contributed by atoms with van der Waals surface area (Å²) in [6, 6.07) is 0. The van der Waals surface area contributed by atoms with Crippen molar-refractivity contribution < 1.29 is 14.6 Å². The van der Waals surface area contributed by atoms with E-state index in [1.54, 1.807) is 4.90 Å². The van der Waals surface area contributed by atoms with Crippen molar-refractivity contribution in [1.82, 2.24) is 4.90 Å². The minimum Gasteiger partial charge on any atom is -0.447 e. The molecule has 0 spiro atoms. The van der Waals surface area contributed by atoms with Gasteiger partial charge in [0.05, 0.1) is 6.10 Å². The first-order valence-corrected chi connectivity index (χ1v) is 4.68. The molecule has 0 rings (SSSR count). The first kappa shape index (κ1) is 12.2. The van der Waals surface area contributed by atoms with Crippen molar-refractivity contribution in [2.24, 2.45) is 0 Å². The van der Waals surface area contributed by atoms with E-state index in [0.717, 1.165) is 0 Å². The van der Waals surface area contributed by atoms with Gasteiger partial charge in [0.25, 0.3) is 0 Å². The molecule has 0 saturated heterocycles. The number of carbonyl (C=O) groups excluding carboxylic acids is 1. The van der Waals surface area contributed by atoms with Gasteiger partial charge >= 0.3 is 6.09 Å². The van der Waals surface area contributed by atoms with Gasteiger partial charge in [-0.05, 0) is 27.2 Å². The van der Waals surface area contributed by atoms with Crippen molar-refractivity contribution in [3.05, 3.63) is 0 Å².